The standard InChI is InChI=1S/C19H26N2O3.C19H17P.C18H26N2O4.C18H24N2O4.CH4/c1-5-13-9-17(13)14-8-16(11-20-10-14)23-12-15-6-7-21(15)18(22)24-19(2,3)4;1-20(17-11-5-2-6-12-17,18-13-7-3-8-14-18)19-15-9-4-10-16-19;2*1-18(2,3)24-17(22)20-5-4-14(20)11-23-15-6-12(8-19-9-15)16-7-13(16)10-21;/h5,8,10-11,13,15,17H,1,6-7,9,12H2,2-4H3;2-16H,1H2;6,8-9,13-14,16,21H,4-5,7,10-11H2,1-3H3;6,8-10,13-14,16H,4-5,7,11H2,1-3H3;1H4/t13-,15-,17-;;2*13-,14+,16-;/m0.11./s1. The maximum Gasteiger partial charge on any atom is 0.410 e. The van der Waals surface area contributed by atoms with Crippen LogP contribution in [-0.4, -0.2) is 147 Å². The number of nitrogens with zero attached hydrogens (tertiary/aromatic N) is 6. The third-order valence-electron chi connectivity index (χ3n) is 17.0. The zero-order chi connectivity index (χ0) is 65.8. The van der Waals surface area contributed by atoms with Crippen molar-refractivity contribution in [1.29, 1.82) is 0 Å². The van der Waals surface area contributed by atoms with E-state index in [1.807, 2.05) is 92.9 Å². The van der Waals surface area contributed by atoms with Crippen LogP contribution in [0.5, 0.6) is 17.2 Å². The molecule has 0 spiro atoms. The molecule has 6 aliphatic rings. The first-order chi connectivity index (χ1) is 43.9. The predicted molar refractivity (Wildman–Crippen MR) is 368 cm³/mol. The number of rotatable bonds is 18. The lowest BCUT2D eigenvalue weighted by molar-refractivity contribution is -0.108. The first-order valence-electron chi connectivity index (χ1n) is 32.2. The van der Waals surface area contributed by atoms with Crippen molar-refractivity contribution in [2.45, 2.75) is 161 Å². The van der Waals surface area contributed by atoms with Gasteiger partial charge in [-0.1, -0.05) is 111 Å². The first-order valence-corrected chi connectivity index (χ1v) is 34.2. The number of amides is 3. The Kier molecular flexibility index (Phi) is 23.8. The fourth-order valence-electron chi connectivity index (χ4n) is 11.2. The van der Waals surface area contributed by atoms with Gasteiger partial charge >= 0.3 is 18.3 Å². The van der Waals surface area contributed by atoms with Crippen LogP contribution >= 0.6 is 6.89 Å². The number of allylic oxidation sites excluding steroid dienone is 1. The molecule has 0 radical (unpaired) electrons. The van der Waals surface area contributed by atoms with Crippen molar-refractivity contribution in [3.05, 3.63) is 176 Å². The smallest absolute Gasteiger partial charge is 0.410 e. The quantitative estimate of drug-likeness (QED) is 0.0370. The molecule has 1 N–H and O–H groups in total. The zero-order valence-corrected chi connectivity index (χ0v) is 55.9. The van der Waals surface area contributed by atoms with E-state index in [9.17, 15) is 24.3 Å². The van der Waals surface area contributed by atoms with Crippen molar-refractivity contribution in [2.75, 3.05) is 46.1 Å². The molecular weight excluding hydrogens is 1190 g/mol. The molecule has 3 amide bonds. The normalized spacial score (nSPS) is 22.3. The molecule has 3 saturated carbocycles. The summed E-state index contributed by atoms with van der Waals surface area (Å²) in [6.07, 6.45) is 23.3. The van der Waals surface area contributed by atoms with Gasteiger partial charge in [0.2, 0.25) is 0 Å². The van der Waals surface area contributed by atoms with Crippen molar-refractivity contribution < 1.29 is 52.7 Å². The van der Waals surface area contributed by atoms with Crippen LogP contribution in [0.25, 0.3) is 0 Å². The summed E-state index contributed by atoms with van der Waals surface area (Å²) in [4.78, 5) is 64.9. The predicted octanol–water partition coefficient (Wildman–Crippen LogP) is 13.1. The number of aliphatic hydroxyl groups is 1. The van der Waals surface area contributed by atoms with E-state index in [2.05, 4.69) is 119 Å². The van der Waals surface area contributed by atoms with Crippen LogP contribution in [0, 0.1) is 17.8 Å². The molecule has 9 atom stereocenters. The summed E-state index contributed by atoms with van der Waals surface area (Å²) >= 11 is 0. The lowest BCUT2D eigenvalue weighted by atomic mass is 10.1. The largest absolute Gasteiger partial charge is 0.490 e. The summed E-state index contributed by atoms with van der Waals surface area (Å²) in [6, 6.07) is 38.1. The summed E-state index contributed by atoms with van der Waals surface area (Å²) in [5, 5.41) is 13.1. The fraction of sp³-hybridized carbons (Fsp3) is 0.467. The second kappa shape index (κ2) is 31.3. The summed E-state index contributed by atoms with van der Waals surface area (Å²) in [5.41, 5.74) is 1.92. The number of aliphatic hydroxyl groups excluding tert-OH is 1. The molecule has 3 aliphatic heterocycles. The van der Waals surface area contributed by atoms with Crippen molar-refractivity contribution in [1.82, 2.24) is 29.7 Å². The summed E-state index contributed by atoms with van der Waals surface area (Å²) in [7, 11) is 0. The minimum atomic E-state index is -1.78. The van der Waals surface area contributed by atoms with Gasteiger partial charge in [0.05, 0.1) is 36.7 Å². The highest BCUT2D eigenvalue weighted by Crippen LogP contribution is 2.49. The molecule has 498 valence electrons. The zero-order valence-electron chi connectivity index (χ0n) is 55.0. The van der Waals surface area contributed by atoms with Gasteiger partial charge in [-0.3, -0.25) is 15.0 Å². The second-order valence-electron chi connectivity index (χ2n) is 27.6. The van der Waals surface area contributed by atoms with E-state index in [4.69, 9.17) is 34.7 Å². The van der Waals surface area contributed by atoms with Gasteiger partial charge in [-0.2, -0.15) is 0 Å². The van der Waals surface area contributed by atoms with Crippen molar-refractivity contribution in [2.24, 2.45) is 17.8 Å². The van der Waals surface area contributed by atoms with Gasteiger partial charge in [-0.05, 0) is 188 Å². The molecule has 0 bridgehead atoms. The van der Waals surface area contributed by atoms with Gasteiger partial charge in [0.15, 0.2) is 0 Å². The van der Waals surface area contributed by atoms with Gasteiger partial charge in [0.1, 0.15) is 60.2 Å². The topological polar surface area (TPSA) is 192 Å². The molecular formula is C75H97N6O11P. The minimum absolute atomic E-state index is 0. The Morgan fingerprint density at radius 3 is 1.10 bits per heavy atom. The van der Waals surface area contributed by atoms with E-state index in [0.29, 0.717) is 68.1 Å². The maximum absolute atomic E-state index is 12.1. The fourth-order valence-corrected chi connectivity index (χ4v) is 14.2. The van der Waals surface area contributed by atoms with Gasteiger partial charge in [0.25, 0.3) is 0 Å². The Balaban J connectivity index is 0.000000159. The van der Waals surface area contributed by atoms with Crippen LogP contribution in [0.4, 0.5) is 14.4 Å². The lowest BCUT2D eigenvalue weighted by Crippen LogP contribution is -2.55. The molecule has 93 heavy (non-hydrogen) atoms. The molecule has 17 nitrogen and oxygen atoms in total. The highest BCUT2D eigenvalue weighted by Gasteiger charge is 2.42. The molecule has 0 unspecified atom stereocenters. The lowest BCUT2D eigenvalue weighted by Gasteiger charge is -2.41. The van der Waals surface area contributed by atoms with E-state index in [1.54, 1.807) is 39.5 Å². The van der Waals surface area contributed by atoms with E-state index < -0.39 is 23.7 Å². The molecule has 3 saturated heterocycles. The first kappa shape index (κ1) is 70.9. The molecule has 3 aromatic carbocycles. The average Bonchev–Trinajstić information content (AvgIpc) is 1.74. The molecule has 6 aromatic rings. The van der Waals surface area contributed by atoms with E-state index >= 15 is 0 Å². The number of pyridine rings is 3. The molecule has 6 heterocycles. The Morgan fingerprint density at radius 2 is 0.839 bits per heavy atom. The van der Waals surface area contributed by atoms with Crippen LogP contribution < -0.4 is 30.1 Å². The Morgan fingerprint density at radius 1 is 0.516 bits per heavy atom. The number of benzene rings is 3. The molecule has 3 aliphatic carbocycles. The number of likely N-dealkylation sites (tertiary alicyclic amines) is 3. The van der Waals surface area contributed by atoms with Crippen LogP contribution in [0.2, 0.25) is 0 Å². The summed E-state index contributed by atoms with van der Waals surface area (Å²) in [6.45, 7) is 22.6. The van der Waals surface area contributed by atoms with E-state index in [0.717, 1.165) is 68.2 Å². The SMILES string of the molecule is C.C=C[C@H]1C[C@@H]1c1cncc(OC[C@@H]2CCN2C(=O)OC(C)(C)C)c1.C=P(c1ccccc1)(c1ccccc1)c1ccccc1.CC(C)(C)OC(=O)N1CC[C@H]1COc1cncc([C@H]2C[C@@H]2C=O)c1.CC(C)(C)OC(=O)N1CC[C@H]1COc1cncc([C@H]2C[C@@H]2CO)c1. The Bertz CT molecular complexity index is 3270. The summed E-state index contributed by atoms with van der Waals surface area (Å²) in [5.74, 6) is 4.41. The third-order valence-corrected chi connectivity index (χ3v) is 20.6. The summed E-state index contributed by atoms with van der Waals surface area (Å²) < 4.78 is 33.7. The minimum Gasteiger partial charge on any atom is -0.490 e. The molecule has 18 heteroatoms. The number of hydrogen-bond acceptors (Lipinski definition) is 14. The van der Waals surface area contributed by atoms with Crippen molar-refractivity contribution >= 4 is 53.7 Å². The molecule has 3 aromatic heterocycles. The second-order valence-corrected chi connectivity index (χ2v) is 30.8. The van der Waals surface area contributed by atoms with Gasteiger partial charge < -0.3 is 53.0 Å². The molecule has 6 fully saturated rings. The van der Waals surface area contributed by atoms with Gasteiger partial charge in [0, 0.05) is 50.7 Å². The highest BCUT2D eigenvalue weighted by atomic mass is 31.2. The Hall–Kier alpha value is -8.01. The third kappa shape index (κ3) is 19.8. The monoisotopic (exact) mass is 1290 g/mol. The number of hydrogen-bond donors (Lipinski definition) is 1. The van der Waals surface area contributed by atoms with Gasteiger partial charge in [-0.15, -0.1) is 6.58 Å². The number of aromatic nitrogens is 3. The van der Waals surface area contributed by atoms with E-state index in [1.165, 1.54) is 21.5 Å². The number of carbonyl (C=O) groups excluding carboxylic acids is 4. The maximum atomic E-state index is 12.1. The number of ether oxygens (including phenoxy) is 6. The van der Waals surface area contributed by atoms with Crippen LogP contribution in [0.3, 0.4) is 0 Å². The molecule has 12 rings (SSSR count). The van der Waals surface area contributed by atoms with Gasteiger partial charge in [-0.25, -0.2) is 14.4 Å². The van der Waals surface area contributed by atoms with Crippen molar-refractivity contribution in [3.63, 3.8) is 0 Å². The average molecular weight is 1290 g/mol. The van der Waals surface area contributed by atoms with Crippen LogP contribution in [-0.2, 0) is 19.0 Å². The van der Waals surface area contributed by atoms with E-state index in [-0.39, 0.29) is 62.3 Å². The van der Waals surface area contributed by atoms with Crippen LogP contribution in [0.15, 0.2) is 159 Å². The van der Waals surface area contributed by atoms with Crippen molar-refractivity contribution in [3.8, 4) is 17.2 Å². The number of carbonyl (C=O) groups is 4. The van der Waals surface area contributed by atoms with Crippen LogP contribution in [0.1, 0.15) is 143 Å². The Labute approximate surface area is 551 Å². The number of aldehydes is 1. The highest BCUT2D eigenvalue weighted by molar-refractivity contribution is 7.93.